The Morgan fingerprint density at radius 1 is 1.50 bits per heavy atom. The first kappa shape index (κ1) is 13.4. The molecule has 1 unspecified atom stereocenters. The minimum Gasteiger partial charge on any atom is -0.345 e. The van der Waals surface area contributed by atoms with Gasteiger partial charge in [-0.3, -0.25) is 4.79 Å². The predicted molar refractivity (Wildman–Crippen MR) is 68.1 cm³/mol. The van der Waals surface area contributed by atoms with Crippen LogP contribution in [0.3, 0.4) is 0 Å². The van der Waals surface area contributed by atoms with Crippen molar-refractivity contribution >= 4 is 25.6 Å². The number of aromatic nitrogens is 1. The Morgan fingerprint density at radius 2 is 2.17 bits per heavy atom. The number of likely N-dealkylation sites (tertiary alicyclic amines) is 1. The highest BCUT2D eigenvalue weighted by Crippen LogP contribution is 2.22. The monoisotopic (exact) mass is 290 g/mol. The van der Waals surface area contributed by atoms with Crippen molar-refractivity contribution in [2.75, 3.05) is 13.1 Å². The SMILES string of the molecule is CC1CCN(C(=O)c2cc(S(=O)(=O)Cl)cn2C)C1. The zero-order chi connectivity index (χ0) is 13.5. The zero-order valence-electron chi connectivity index (χ0n) is 10.3. The van der Waals surface area contributed by atoms with Gasteiger partial charge in [-0.2, -0.15) is 0 Å². The van der Waals surface area contributed by atoms with Gasteiger partial charge in [0.1, 0.15) is 10.6 Å². The van der Waals surface area contributed by atoms with Crippen molar-refractivity contribution < 1.29 is 13.2 Å². The first-order valence-electron chi connectivity index (χ1n) is 5.69. The van der Waals surface area contributed by atoms with E-state index in [4.69, 9.17) is 10.7 Å². The summed E-state index contributed by atoms with van der Waals surface area (Å²) in [7, 11) is 3.11. The van der Waals surface area contributed by atoms with Crippen LogP contribution in [0.15, 0.2) is 17.2 Å². The molecular formula is C11H15ClN2O3S. The fraction of sp³-hybridized carbons (Fsp3) is 0.545. The summed E-state index contributed by atoms with van der Waals surface area (Å²) < 4.78 is 23.9. The Hall–Kier alpha value is -1.01. The molecule has 100 valence electrons. The van der Waals surface area contributed by atoms with E-state index in [1.165, 1.54) is 16.8 Å². The Balaban J connectivity index is 2.29. The summed E-state index contributed by atoms with van der Waals surface area (Å²) in [5.74, 6) is 0.346. The summed E-state index contributed by atoms with van der Waals surface area (Å²) in [6.07, 6.45) is 2.34. The van der Waals surface area contributed by atoms with E-state index in [1.807, 2.05) is 0 Å². The molecule has 0 aromatic carbocycles. The van der Waals surface area contributed by atoms with E-state index in [-0.39, 0.29) is 10.8 Å². The second kappa shape index (κ2) is 4.59. The van der Waals surface area contributed by atoms with Crippen molar-refractivity contribution in [3.63, 3.8) is 0 Å². The van der Waals surface area contributed by atoms with E-state index < -0.39 is 9.05 Å². The van der Waals surface area contributed by atoms with Crippen LogP contribution in [0.1, 0.15) is 23.8 Å². The number of rotatable bonds is 2. The van der Waals surface area contributed by atoms with Gasteiger partial charge in [0.15, 0.2) is 0 Å². The molecule has 5 nitrogen and oxygen atoms in total. The van der Waals surface area contributed by atoms with E-state index in [2.05, 4.69) is 6.92 Å². The quantitative estimate of drug-likeness (QED) is 0.774. The summed E-state index contributed by atoms with van der Waals surface area (Å²) in [6.45, 7) is 3.52. The number of aryl methyl sites for hydroxylation is 1. The molecule has 7 heteroatoms. The number of carbonyl (C=O) groups excluding carboxylic acids is 1. The third-order valence-corrected chi connectivity index (χ3v) is 4.51. The summed E-state index contributed by atoms with van der Waals surface area (Å²) >= 11 is 0. The molecule has 1 aromatic rings. The topological polar surface area (TPSA) is 59.4 Å². The van der Waals surface area contributed by atoms with Crippen molar-refractivity contribution in [1.29, 1.82) is 0 Å². The molecule has 1 atom stereocenters. The molecule has 0 saturated carbocycles. The number of amides is 1. The molecular weight excluding hydrogens is 276 g/mol. The average molecular weight is 291 g/mol. The van der Waals surface area contributed by atoms with Crippen molar-refractivity contribution in [3.05, 3.63) is 18.0 Å². The fourth-order valence-corrected chi connectivity index (χ4v) is 2.95. The molecule has 18 heavy (non-hydrogen) atoms. The molecule has 1 saturated heterocycles. The summed E-state index contributed by atoms with van der Waals surface area (Å²) in [6, 6.07) is 1.33. The van der Waals surface area contributed by atoms with Crippen LogP contribution in [-0.2, 0) is 16.1 Å². The maximum atomic E-state index is 12.2. The molecule has 1 amide bonds. The standard InChI is InChI=1S/C11H15ClN2O3S/c1-8-3-4-14(6-8)11(15)10-5-9(7-13(10)2)18(12,16)17/h5,7-8H,3-4,6H2,1-2H3. The Labute approximate surface area is 111 Å². The van der Waals surface area contributed by atoms with Crippen molar-refractivity contribution in [3.8, 4) is 0 Å². The van der Waals surface area contributed by atoms with Gasteiger partial charge in [-0.1, -0.05) is 6.92 Å². The van der Waals surface area contributed by atoms with Crippen LogP contribution in [0.5, 0.6) is 0 Å². The summed E-state index contributed by atoms with van der Waals surface area (Å²) in [4.78, 5) is 13.9. The molecule has 1 aliphatic heterocycles. The highest BCUT2D eigenvalue weighted by Gasteiger charge is 2.27. The highest BCUT2D eigenvalue weighted by atomic mass is 35.7. The third kappa shape index (κ3) is 2.54. The molecule has 0 radical (unpaired) electrons. The van der Waals surface area contributed by atoms with Gasteiger partial charge in [-0.15, -0.1) is 0 Å². The van der Waals surface area contributed by atoms with E-state index in [0.717, 1.165) is 6.42 Å². The van der Waals surface area contributed by atoms with E-state index in [9.17, 15) is 13.2 Å². The van der Waals surface area contributed by atoms with Crippen LogP contribution in [0.25, 0.3) is 0 Å². The largest absolute Gasteiger partial charge is 0.345 e. The van der Waals surface area contributed by atoms with Crippen LogP contribution in [-0.4, -0.2) is 36.9 Å². The number of hydrogen-bond acceptors (Lipinski definition) is 3. The highest BCUT2D eigenvalue weighted by molar-refractivity contribution is 8.13. The molecule has 1 aliphatic rings. The van der Waals surface area contributed by atoms with Gasteiger partial charge in [0.25, 0.3) is 15.0 Å². The molecule has 2 rings (SSSR count). The number of hydrogen-bond donors (Lipinski definition) is 0. The summed E-state index contributed by atoms with van der Waals surface area (Å²) in [5, 5.41) is 0. The van der Waals surface area contributed by atoms with Crippen LogP contribution in [0, 0.1) is 5.92 Å². The smallest absolute Gasteiger partial charge is 0.270 e. The Morgan fingerprint density at radius 3 is 2.61 bits per heavy atom. The molecule has 0 aliphatic carbocycles. The first-order chi connectivity index (χ1) is 8.29. The molecule has 1 aromatic heterocycles. The number of nitrogens with zero attached hydrogens (tertiary/aromatic N) is 2. The van der Waals surface area contributed by atoms with Crippen LogP contribution in [0.2, 0.25) is 0 Å². The summed E-state index contributed by atoms with van der Waals surface area (Å²) in [5.41, 5.74) is 0.350. The second-order valence-electron chi connectivity index (χ2n) is 4.75. The van der Waals surface area contributed by atoms with Gasteiger partial charge in [0, 0.05) is 37.0 Å². The van der Waals surface area contributed by atoms with Crippen molar-refractivity contribution in [2.24, 2.45) is 13.0 Å². The minimum atomic E-state index is -3.79. The normalized spacial score (nSPS) is 20.4. The second-order valence-corrected chi connectivity index (χ2v) is 7.32. The van der Waals surface area contributed by atoms with Gasteiger partial charge in [-0.05, 0) is 18.4 Å². The zero-order valence-corrected chi connectivity index (χ0v) is 11.8. The molecule has 0 N–H and O–H groups in total. The lowest BCUT2D eigenvalue weighted by Crippen LogP contribution is -2.29. The van der Waals surface area contributed by atoms with E-state index in [1.54, 1.807) is 11.9 Å². The van der Waals surface area contributed by atoms with Gasteiger partial charge >= 0.3 is 0 Å². The lowest BCUT2D eigenvalue weighted by molar-refractivity contribution is 0.0778. The molecule has 2 heterocycles. The minimum absolute atomic E-state index is 0.0396. The molecule has 0 spiro atoms. The lowest BCUT2D eigenvalue weighted by atomic mass is 10.2. The Kier molecular flexibility index (Phi) is 3.42. The maximum Gasteiger partial charge on any atom is 0.270 e. The van der Waals surface area contributed by atoms with Gasteiger partial charge in [0.2, 0.25) is 0 Å². The van der Waals surface area contributed by atoms with Crippen LogP contribution in [0.4, 0.5) is 0 Å². The number of carbonyl (C=O) groups is 1. The lowest BCUT2D eigenvalue weighted by Gasteiger charge is -2.15. The van der Waals surface area contributed by atoms with Crippen LogP contribution < -0.4 is 0 Å². The third-order valence-electron chi connectivity index (χ3n) is 3.19. The van der Waals surface area contributed by atoms with Gasteiger partial charge in [0.05, 0.1) is 0 Å². The predicted octanol–water partition coefficient (Wildman–Crippen LogP) is 1.43. The van der Waals surface area contributed by atoms with Crippen molar-refractivity contribution in [1.82, 2.24) is 9.47 Å². The fourth-order valence-electron chi connectivity index (χ4n) is 2.16. The van der Waals surface area contributed by atoms with Crippen molar-refractivity contribution in [2.45, 2.75) is 18.2 Å². The first-order valence-corrected chi connectivity index (χ1v) is 8.00. The maximum absolute atomic E-state index is 12.2. The van der Waals surface area contributed by atoms with Gasteiger partial charge in [-0.25, -0.2) is 8.42 Å². The molecule has 1 fully saturated rings. The molecule has 0 bridgehead atoms. The number of halogens is 1. The van der Waals surface area contributed by atoms with E-state index >= 15 is 0 Å². The van der Waals surface area contributed by atoms with Gasteiger partial charge < -0.3 is 9.47 Å². The van der Waals surface area contributed by atoms with E-state index in [0.29, 0.717) is 24.7 Å². The average Bonchev–Trinajstić information content (AvgIpc) is 2.83. The Bertz CT molecular complexity index is 579. The van der Waals surface area contributed by atoms with Crippen LogP contribution >= 0.6 is 10.7 Å².